The van der Waals surface area contributed by atoms with Crippen LogP contribution in [0.2, 0.25) is 0 Å². The summed E-state index contributed by atoms with van der Waals surface area (Å²) in [6, 6.07) is 32.9. The number of hydrogen-bond acceptors (Lipinski definition) is 5. The van der Waals surface area contributed by atoms with Crippen LogP contribution in [-0.4, -0.2) is 40.3 Å². The summed E-state index contributed by atoms with van der Waals surface area (Å²) in [7, 11) is 0. The van der Waals surface area contributed by atoms with Crippen LogP contribution in [0.1, 0.15) is 29.7 Å². The maximum absolute atomic E-state index is 10.7. The predicted molar refractivity (Wildman–Crippen MR) is 154 cm³/mol. The van der Waals surface area contributed by atoms with E-state index < -0.39 is 5.97 Å². The standard InChI is InChI=1S/C30H24N2O2.C2H4O2.Co/c33-29-24(16-14-21-8-4-6-12-26(21)29)18-31-20-28(23-10-2-1-3-11-23)32-19-25-17-15-22-9-5-7-13-27(22)30(25)34;1-2(3)4;/h1-19,28,33-34H,20H2;1H3,(H,3,4);. The van der Waals surface area contributed by atoms with Crippen LogP contribution in [0.5, 0.6) is 11.5 Å². The van der Waals surface area contributed by atoms with Crippen molar-refractivity contribution in [1.29, 1.82) is 0 Å². The summed E-state index contributed by atoms with van der Waals surface area (Å²) in [5.41, 5.74) is 2.36. The van der Waals surface area contributed by atoms with Gasteiger partial charge in [-0.25, -0.2) is 0 Å². The molecule has 0 aliphatic heterocycles. The van der Waals surface area contributed by atoms with Gasteiger partial charge in [0, 0.05) is 58.0 Å². The van der Waals surface area contributed by atoms with Crippen molar-refractivity contribution in [1.82, 2.24) is 0 Å². The van der Waals surface area contributed by atoms with Crippen molar-refractivity contribution < 1.29 is 36.9 Å². The molecule has 0 saturated carbocycles. The van der Waals surface area contributed by atoms with Gasteiger partial charge in [-0.2, -0.15) is 0 Å². The van der Waals surface area contributed by atoms with E-state index in [4.69, 9.17) is 14.9 Å². The number of carboxylic acids is 1. The van der Waals surface area contributed by atoms with Crippen LogP contribution in [0.15, 0.2) is 113 Å². The number of phenolic OH excluding ortho intramolecular Hbond substituents is 2. The third kappa shape index (κ3) is 7.53. The van der Waals surface area contributed by atoms with Crippen LogP contribution < -0.4 is 0 Å². The van der Waals surface area contributed by atoms with Gasteiger partial charge >= 0.3 is 0 Å². The van der Waals surface area contributed by atoms with Gasteiger partial charge in [-0.05, 0) is 28.5 Å². The van der Waals surface area contributed by atoms with Crippen LogP contribution in [0.3, 0.4) is 0 Å². The quantitative estimate of drug-likeness (QED) is 0.198. The summed E-state index contributed by atoms with van der Waals surface area (Å²) in [6.07, 6.45) is 3.41. The number of aromatic hydroxyl groups is 2. The average Bonchev–Trinajstić information content (AvgIpc) is 2.93. The maximum Gasteiger partial charge on any atom is 0.300 e. The largest absolute Gasteiger partial charge is 0.507 e. The van der Waals surface area contributed by atoms with Crippen LogP contribution in [0, 0.1) is 0 Å². The number of carboxylic acid groups (broad SMARTS) is 1. The second-order valence-corrected chi connectivity index (χ2v) is 8.67. The van der Waals surface area contributed by atoms with Gasteiger partial charge in [0.2, 0.25) is 0 Å². The zero-order chi connectivity index (χ0) is 26.9. The van der Waals surface area contributed by atoms with Crippen molar-refractivity contribution in [3.8, 4) is 11.5 Å². The third-order valence-corrected chi connectivity index (χ3v) is 5.95. The van der Waals surface area contributed by atoms with Crippen molar-refractivity contribution in [2.45, 2.75) is 13.0 Å². The number of rotatable bonds is 6. The molecule has 0 fully saturated rings. The molecular weight excluding hydrogens is 535 g/mol. The molecule has 0 aliphatic rings. The van der Waals surface area contributed by atoms with Gasteiger partial charge in [-0.15, -0.1) is 0 Å². The number of carbonyl (C=O) groups is 1. The molecule has 3 N–H and O–H groups in total. The fourth-order valence-corrected chi connectivity index (χ4v) is 4.09. The minimum Gasteiger partial charge on any atom is -0.507 e. The minimum absolute atomic E-state index is 0. The smallest absolute Gasteiger partial charge is 0.300 e. The Morgan fingerprint density at radius 2 is 1.18 bits per heavy atom. The van der Waals surface area contributed by atoms with Gasteiger partial charge in [0.15, 0.2) is 0 Å². The Labute approximate surface area is 237 Å². The van der Waals surface area contributed by atoms with Gasteiger partial charge < -0.3 is 15.3 Å². The molecular formula is C32H28CoN2O4. The molecule has 5 aromatic rings. The summed E-state index contributed by atoms with van der Waals surface area (Å²) >= 11 is 0. The number of aliphatic carboxylic acids is 1. The van der Waals surface area contributed by atoms with Crippen molar-refractivity contribution in [2.24, 2.45) is 9.98 Å². The molecule has 39 heavy (non-hydrogen) atoms. The molecule has 1 atom stereocenters. The fraction of sp³-hybridized carbons (Fsp3) is 0.0938. The molecule has 0 bridgehead atoms. The van der Waals surface area contributed by atoms with E-state index >= 15 is 0 Å². The Bertz CT molecular complexity index is 1610. The zero-order valence-corrected chi connectivity index (χ0v) is 22.3. The molecule has 5 aromatic carbocycles. The van der Waals surface area contributed by atoms with Crippen molar-refractivity contribution >= 4 is 39.9 Å². The first-order valence-corrected chi connectivity index (χ1v) is 12.1. The van der Waals surface area contributed by atoms with Crippen LogP contribution in [0.25, 0.3) is 21.5 Å². The Balaban J connectivity index is 0.000000788. The first kappa shape index (κ1) is 29.1. The first-order valence-electron chi connectivity index (χ1n) is 12.1. The Kier molecular flexibility index (Phi) is 10.4. The molecule has 1 radical (unpaired) electrons. The van der Waals surface area contributed by atoms with Gasteiger partial charge in [0.05, 0.1) is 12.6 Å². The van der Waals surface area contributed by atoms with E-state index in [-0.39, 0.29) is 34.3 Å². The number of fused-ring (bicyclic) bond motifs is 2. The van der Waals surface area contributed by atoms with Gasteiger partial charge in [-0.3, -0.25) is 14.8 Å². The molecule has 0 aliphatic carbocycles. The summed E-state index contributed by atoms with van der Waals surface area (Å²) in [5, 5.41) is 32.4. The summed E-state index contributed by atoms with van der Waals surface area (Å²) in [5.74, 6) is -0.388. The van der Waals surface area contributed by atoms with Crippen molar-refractivity contribution in [2.75, 3.05) is 6.54 Å². The van der Waals surface area contributed by atoms with Gasteiger partial charge in [0.1, 0.15) is 11.5 Å². The first-order chi connectivity index (χ1) is 18.4. The summed E-state index contributed by atoms with van der Waals surface area (Å²) in [6.45, 7) is 1.49. The second-order valence-electron chi connectivity index (χ2n) is 8.67. The van der Waals surface area contributed by atoms with Crippen LogP contribution in [0.4, 0.5) is 0 Å². The van der Waals surface area contributed by atoms with E-state index in [9.17, 15) is 10.2 Å². The number of phenols is 2. The van der Waals surface area contributed by atoms with Crippen LogP contribution >= 0.6 is 0 Å². The molecule has 5 rings (SSSR count). The van der Waals surface area contributed by atoms with E-state index in [2.05, 4.69) is 4.99 Å². The molecule has 199 valence electrons. The van der Waals surface area contributed by atoms with Crippen molar-refractivity contribution in [3.63, 3.8) is 0 Å². The molecule has 6 nitrogen and oxygen atoms in total. The van der Waals surface area contributed by atoms with E-state index in [0.717, 1.165) is 34.0 Å². The molecule has 0 saturated heterocycles. The SMILES string of the molecule is CC(=O)O.Oc1c(C=NCC(N=Cc2ccc3ccccc3c2O)c2ccccc2)ccc2ccccc12.[Co]. The monoisotopic (exact) mass is 563 g/mol. The normalized spacial score (nSPS) is 11.7. The Morgan fingerprint density at radius 3 is 1.72 bits per heavy atom. The summed E-state index contributed by atoms with van der Waals surface area (Å²) < 4.78 is 0. The number of benzene rings is 5. The zero-order valence-electron chi connectivity index (χ0n) is 21.2. The van der Waals surface area contributed by atoms with E-state index in [1.807, 2.05) is 103 Å². The van der Waals surface area contributed by atoms with Gasteiger partial charge in [0.25, 0.3) is 5.97 Å². The van der Waals surface area contributed by atoms with Gasteiger partial charge in [-0.1, -0.05) is 91.0 Å². The van der Waals surface area contributed by atoms with E-state index in [1.165, 1.54) is 0 Å². The fourth-order valence-electron chi connectivity index (χ4n) is 4.09. The second kappa shape index (κ2) is 13.9. The Morgan fingerprint density at radius 1 is 0.718 bits per heavy atom. The predicted octanol–water partition coefficient (Wildman–Crippen LogP) is 6.77. The molecule has 0 aromatic heterocycles. The van der Waals surface area contributed by atoms with Crippen molar-refractivity contribution in [3.05, 3.63) is 120 Å². The molecule has 0 heterocycles. The molecule has 0 spiro atoms. The number of aliphatic imine (C=N–C) groups is 2. The number of nitrogens with zero attached hydrogens (tertiary/aromatic N) is 2. The minimum atomic E-state index is -0.833. The average molecular weight is 564 g/mol. The third-order valence-electron chi connectivity index (χ3n) is 5.95. The number of hydrogen-bond donors (Lipinski definition) is 3. The molecule has 7 heteroatoms. The Hall–Kier alpha value is -4.46. The molecule has 0 amide bonds. The van der Waals surface area contributed by atoms with E-state index in [1.54, 1.807) is 12.4 Å². The summed E-state index contributed by atoms with van der Waals surface area (Å²) in [4.78, 5) is 18.4. The van der Waals surface area contributed by atoms with E-state index in [0.29, 0.717) is 17.7 Å². The topological polar surface area (TPSA) is 102 Å². The maximum atomic E-state index is 10.7. The molecule has 1 unspecified atom stereocenters. The van der Waals surface area contributed by atoms with Crippen LogP contribution in [-0.2, 0) is 21.6 Å².